The van der Waals surface area contributed by atoms with E-state index in [2.05, 4.69) is 59.8 Å². The fraction of sp³-hybridized carbons (Fsp3) is 0.941. The summed E-state index contributed by atoms with van der Waals surface area (Å²) in [6, 6.07) is 0.646. The van der Waals surface area contributed by atoms with Crippen molar-refractivity contribution in [1.82, 2.24) is 20.0 Å². The Morgan fingerprint density at radius 2 is 1.64 bits per heavy atom. The molecule has 0 aliphatic carbocycles. The van der Waals surface area contributed by atoms with Gasteiger partial charge in [0.1, 0.15) is 0 Å². The molecule has 0 radical (unpaired) electrons. The van der Waals surface area contributed by atoms with Crippen LogP contribution in [0.25, 0.3) is 0 Å². The van der Waals surface area contributed by atoms with Crippen molar-refractivity contribution in [2.45, 2.75) is 33.7 Å². The van der Waals surface area contributed by atoms with Gasteiger partial charge in [-0.3, -0.25) is 14.8 Å². The van der Waals surface area contributed by atoms with Crippen molar-refractivity contribution in [2.24, 2.45) is 4.99 Å². The maximum atomic E-state index is 4.40. The smallest absolute Gasteiger partial charge is 0.0513 e. The maximum Gasteiger partial charge on any atom is 0.0513 e. The first-order chi connectivity index (χ1) is 10.5. The second-order valence-corrected chi connectivity index (χ2v) is 6.84. The molecule has 0 atom stereocenters. The number of piperazine rings is 1. The lowest BCUT2D eigenvalue weighted by Crippen LogP contribution is -2.49. The van der Waals surface area contributed by atoms with E-state index >= 15 is 0 Å². The van der Waals surface area contributed by atoms with E-state index in [4.69, 9.17) is 0 Å². The standard InChI is InChI=1S/C17H37N5/c1-16(2)19-7-6-18-8-9-21-12-14-22(15-13-21)11-10-20(5)17(3)4/h17-18H,6-15H2,1-5H3. The monoisotopic (exact) mass is 311 g/mol. The van der Waals surface area contributed by atoms with Crippen LogP contribution in [0.5, 0.6) is 0 Å². The molecule has 0 aromatic carbocycles. The predicted molar refractivity (Wildman–Crippen MR) is 97.2 cm³/mol. The van der Waals surface area contributed by atoms with Gasteiger partial charge in [0.15, 0.2) is 0 Å². The first-order valence-electron chi connectivity index (χ1n) is 8.82. The summed E-state index contributed by atoms with van der Waals surface area (Å²) in [6.07, 6.45) is 0. The van der Waals surface area contributed by atoms with Gasteiger partial charge >= 0.3 is 0 Å². The predicted octanol–water partition coefficient (Wildman–Crippen LogP) is 1.01. The quantitative estimate of drug-likeness (QED) is 0.482. The van der Waals surface area contributed by atoms with Crippen molar-refractivity contribution in [3.8, 4) is 0 Å². The summed E-state index contributed by atoms with van der Waals surface area (Å²) in [7, 11) is 2.22. The normalized spacial score (nSPS) is 17.4. The third kappa shape index (κ3) is 8.83. The first-order valence-corrected chi connectivity index (χ1v) is 8.82. The topological polar surface area (TPSA) is 34.1 Å². The molecule has 1 aliphatic heterocycles. The van der Waals surface area contributed by atoms with Crippen LogP contribution in [0.2, 0.25) is 0 Å². The summed E-state index contributed by atoms with van der Waals surface area (Å²) in [4.78, 5) is 12.0. The molecule has 0 spiro atoms. The summed E-state index contributed by atoms with van der Waals surface area (Å²) in [5.41, 5.74) is 1.17. The molecule has 0 saturated carbocycles. The number of likely N-dealkylation sites (N-methyl/N-ethyl adjacent to an activating group) is 1. The van der Waals surface area contributed by atoms with Gasteiger partial charge in [0.25, 0.3) is 0 Å². The van der Waals surface area contributed by atoms with Crippen molar-refractivity contribution in [3.05, 3.63) is 0 Å². The van der Waals surface area contributed by atoms with E-state index in [9.17, 15) is 0 Å². The lowest BCUT2D eigenvalue weighted by molar-refractivity contribution is 0.119. The molecular weight excluding hydrogens is 274 g/mol. The van der Waals surface area contributed by atoms with Crippen LogP contribution in [0.4, 0.5) is 0 Å². The van der Waals surface area contributed by atoms with E-state index in [0.29, 0.717) is 6.04 Å². The van der Waals surface area contributed by atoms with Crippen LogP contribution in [0.3, 0.4) is 0 Å². The van der Waals surface area contributed by atoms with E-state index in [-0.39, 0.29) is 0 Å². The molecular formula is C17H37N5. The highest BCUT2D eigenvalue weighted by atomic mass is 15.3. The third-order valence-electron chi connectivity index (χ3n) is 4.44. The zero-order chi connectivity index (χ0) is 16.4. The van der Waals surface area contributed by atoms with Gasteiger partial charge < -0.3 is 10.2 Å². The Bertz CT molecular complexity index is 304. The van der Waals surface area contributed by atoms with E-state index in [1.54, 1.807) is 0 Å². The van der Waals surface area contributed by atoms with Crippen LogP contribution < -0.4 is 5.32 Å². The minimum Gasteiger partial charge on any atom is -0.314 e. The Morgan fingerprint density at radius 3 is 2.18 bits per heavy atom. The zero-order valence-corrected chi connectivity index (χ0v) is 15.4. The second-order valence-electron chi connectivity index (χ2n) is 6.84. The molecule has 22 heavy (non-hydrogen) atoms. The Balaban J connectivity index is 2.02. The van der Waals surface area contributed by atoms with Gasteiger partial charge in [-0.2, -0.15) is 0 Å². The highest BCUT2D eigenvalue weighted by Crippen LogP contribution is 2.02. The first kappa shape index (κ1) is 19.6. The molecule has 1 heterocycles. The Kier molecular flexibility index (Phi) is 9.87. The molecule has 5 heteroatoms. The Morgan fingerprint density at radius 1 is 1.05 bits per heavy atom. The molecule has 1 fully saturated rings. The van der Waals surface area contributed by atoms with E-state index in [1.165, 1.54) is 45.0 Å². The lowest BCUT2D eigenvalue weighted by Gasteiger charge is -2.35. The zero-order valence-electron chi connectivity index (χ0n) is 15.4. The summed E-state index contributed by atoms with van der Waals surface area (Å²) >= 11 is 0. The molecule has 5 nitrogen and oxygen atoms in total. The fourth-order valence-corrected chi connectivity index (χ4v) is 2.51. The average Bonchev–Trinajstić information content (AvgIpc) is 2.49. The van der Waals surface area contributed by atoms with E-state index in [1.807, 2.05) is 0 Å². The maximum absolute atomic E-state index is 4.40. The van der Waals surface area contributed by atoms with Crippen molar-refractivity contribution >= 4 is 5.71 Å². The molecule has 1 saturated heterocycles. The molecule has 0 bridgehead atoms. The van der Waals surface area contributed by atoms with Crippen molar-refractivity contribution < 1.29 is 0 Å². The SMILES string of the molecule is CC(C)=NCCNCCN1CCN(CCN(C)C(C)C)CC1. The molecule has 1 aliphatic rings. The number of rotatable bonds is 10. The van der Waals surface area contributed by atoms with Crippen LogP contribution in [0.15, 0.2) is 4.99 Å². The van der Waals surface area contributed by atoms with Gasteiger partial charge in [-0.05, 0) is 34.7 Å². The summed E-state index contributed by atoms with van der Waals surface area (Å²) in [5, 5.41) is 3.48. The molecule has 130 valence electrons. The van der Waals surface area contributed by atoms with Crippen LogP contribution in [0.1, 0.15) is 27.7 Å². The number of aliphatic imine (C=N–C) groups is 1. The summed E-state index contributed by atoms with van der Waals surface area (Å²) < 4.78 is 0. The second kappa shape index (κ2) is 11.1. The number of hydrogen-bond acceptors (Lipinski definition) is 5. The lowest BCUT2D eigenvalue weighted by atomic mass is 10.3. The molecule has 0 aromatic rings. The number of nitrogens with one attached hydrogen (secondary N) is 1. The van der Waals surface area contributed by atoms with Gasteiger partial charge in [-0.25, -0.2) is 0 Å². The van der Waals surface area contributed by atoms with E-state index < -0.39 is 0 Å². The van der Waals surface area contributed by atoms with Gasteiger partial charge in [-0.1, -0.05) is 0 Å². The van der Waals surface area contributed by atoms with Crippen LogP contribution >= 0.6 is 0 Å². The highest BCUT2D eigenvalue weighted by Gasteiger charge is 2.16. The van der Waals surface area contributed by atoms with Crippen LogP contribution in [-0.4, -0.2) is 98.9 Å². The highest BCUT2D eigenvalue weighted by molar-refractivity contribution is 5.79. The minimum absolute atomic E-state index is 0.646. The fourth-order valence-electron chi connectivity index (χ4n) is 2.51. The minimum atomic E-state index is 0.646. The number of nitrogens with zero attached hydrogens (tertiary/aromatic N) is 4. The van der Waals surface area contributed by atoms with Crippen molar-refractivity contribution in [3.63, 3.8) is 0 Å². The molecule has 0 unspecified atom stereocenters. The average molecular weight is 312 g/mol. The number of hydrogen-bond donors (Lipinski definition) is 1. The summed E-state index contributed by atoms with van der Waals surface area (Å²) in [6.45, 7) is 20.0. The van der Waals surface area contributed by atoms with Gasteiger partial charge in [-0.15, -0.1) is 0 Å². The molecule has 1 N–H and O–H groups in total. The molecule has 0 amide bonds. The third-order valence-corrected chi connectivity index (χ3v) is 4.44. The van der Waals surface area contributed by atoms with Crippen LogP contribution in [-0.2, 0) is 0 Å². The van der Waals surface area contributed by atoms with Crippen molar-refractivity contribution in [1.29, 1.82) is 0 Å². The molecule has 1 rings (SSSR count). The Labute approximate surface area is 137 Å². The summed E-state index contributed by atoms with van der Waals surface area (Å²) in [5.74, 6) is 0. The largest absolute Gasteiger partial charge is 0.314 e. The molecule has 0 aromatic heterocycles. The Hall–Kier alpha value is -0.490. The van der Waals surface area contributed by atoms with Gasteiger partial charge in [0, 0.05) is 70.7 Å². The van der Waals surface area contributed by atoms with Crippen molar-refractivity contribution in [2.75, 3.05) is 72.5 Å². The van der Waals surface area contributed by atoms with Gasteiger partial charge in [0.2, 0.25) is 0 Å². The van der Waals surface area contributed by atoms with Gasteiger partial charge in [0.05, 0.1) is 6.54 Å². The van der Waals surface area contributed by atoms with E-state index in [0.717, 1.165) is 26.2 Å². The van der Waals surface area contributed by atoms with Crippen LogP contribution in [0, 0.1) is 0 Å².